The van der Waals surface area contributed by atoms with Crippen LogP contribution in [0.15, 0.2) is 41.5 Å². The summed E-state index contributed by atoms with van der Waals surface area (Å²) in [5.74, 6) is 0. The summed E-state index contributed by atoms with van der Waals surface area (Å²) < 4.78 is 2.74. The Hall–Kier alpha value is -1.88. The molecule has 0 fully saturated rings. The first-order valence-electron chi connectivity index (χ1n) is 4.44. The minimum atomic E-state index is 0.601. The Bertz CT molecular complexity index is 581. The Morgan fingerprint density at radius 1 is 1.40 bits per heavy atom. The molecule has 0 atom stereocenters. The second-order valence-electron chi connectivity index (χ2n) is 3.16. The number of aromatic nitrogens is 3. The van der Waals surface area contributed by atoms with E-state index in [0.717, 1.165) is 10.4 Å². The molecule has 4 nitrogen and oxygen atoms in total. The van der Waals surface area contributed by atoms with Crippen LogP contribution >= 0.6 is 11.3 Å². The first-order valence-corrected chi connectivity index (χ1v) is 5.38. The smallest absolute Gasteiger partial charge is 0.254 e. The SMILES string of the molecule is [O-][n+]1cscc1-c1cn2ccccc2n1. The van der Waals surface area contributed by atoms with Crippen LogP contribution in [0.4, 0.5) is 0 Å². The van der Waals surface area contributed by atoms with Gasteiger partial charge < -0.3 is 9.61 Å². The van der Waals surface area contributed by atoms with Crippen molar-refractivity contribution in [2.75, 3.05) is 0 Å². The van der Waals surface area contributed by atoms with Crippen LogP contribution in [0.2, 0.25) is 0 Å². The van der Waals surface area contributed by atoms with E-state index in [-0.39, 0.29) is 0 Å². The lowest BCUT2D eigenvalue weighted by Crippen LogP contribution is -2.24. The van der Waals surface area contributed by atoms with Gasteiger partial charge in [-0.15, -0.1) is 0 Å². The van der Waals surface area contributed by atoms with E-state index >= 15 is 0 Å². The molecule has 0 bridgehead atoms. The van der Waals surface area contributed by atoms with E-state index in [4.69, 9.17) is 0 Å². The average Bonchev–Trinajstić information content (AvgIpc) is 2.82. The molecule has 15 heavy (non-hydrogen) atoms. The van der Waals surface area contributed by atoms with Gasteiger partial charge in [0.25, 0.3) is 5.69 Å². The summed E-state index contributed by atoms with van der Waals surface area (Å²) in [6.07, 6.45) is 3.76. The molecule has 3 heterocycles. The first-order chi connectivity index (χ1) is 7.34. The maximum Gasteiger partial charge on any atom is 0.254 e. The fourth-order valence-electron chi connectivity index (χ4n) is 1.49. The fraction of sp³-hybridized carbons (Fsp3) is 0. The molecule has 3 aromatic heterocycles. The maximum atomic E-state index is 11.4. The Kier molecular flexibility index (Phi) is 1.72. The van der Waals surface area contributed by atoms with Crippen molar-refractivity contribution in [2.24, 2.45) is 0 Å². The molecule has 74 valence electrons. The molecule has 0 aliphatic heterocycles. The molecule has 0 aromatic carbocycles. The van der Waals surface area contributed by atoms with E-state index in [2.05, 4.69) is 4.98 Å². The highest BCUT2D eigenvalue weighted by molar-refractivity contribution is 7.07. The molecule has 0 spiro atoms. The topological polar surface area (TPSA) is 44.2 Å². The Morgan fingerprint density at radius 3 is 3.07 bits per heavy atom. The van der Waals surface area contributed by atoms with Gasteiger partial charge in [0.15, 0.2) is 5.69 Å². The zero-order valence-electron chi connectivity index (χ0n) is 7.70. The molecule has 3 rings (SSSR count). The lowest BCUT2D eigenvalue weighted by molar-refractivity contribution is -0.588. The molecule has 0 amide bonds. The maximum absolute atomic E-state index is 11.4. The number of hydrogen-bond donors (Lipinski definition) is 0. The minimum Gasteiger partial charge on any atom is -0.618 e. The van der Waals surface area contributed by atoms with E-state index in [1.807, 2.05) is 35.0 Å². The highest BCUT2D eigenvalue weighted by Gasteiger charge is 2.13. The molecule has 0 radical (unpaired) electrons. The molecule has 0 saturated heterocycles. The van der Waals surface area contributed by atoms with Gasteiger partial charge in [-0.25, -0.2) is 4.98 Å². The standard InChI is InChI=1S/C10H7N3OS/c14-13-7-15-6-9(13)8-5-12-4-2-1-3-10(12)11-8/h1-7H. The van der Waals surface area contributed by atoms with Crippen LogP contribution < -0.4 is 4.73 Å². The largest absolute Gasteiger partial charge is 0.618 e. The van der Waals surface area contributed by atoms with E-state index < -0.39 is 0 Å². The molecular formula is C10H7N3OS. The summed E-state index contributed by atoms with van der Waals surface area (Å²) in [6.45, 7) is 0. The van der Waals surface area contributed by atoms with Crippen LogP contribution in [0.1, 0.15) is 0 Å². The molecule has 0 aliphatic carbocycles. The third-order valence-corrected chi connectivity index (χ3v) is 2.87. The predicted molar refractivity (Wildman–Crippen MR) is 57.5 cm³/mol. The lowest BCUT2D eigenvalue weighted by Gasteiger charge is -1.91. The molecule has 0 unspecified atom stereocenters. The van der Waals surface area contributed by atoms with E-state index in [0.29, 0.717) is 11.4 Å². The number of hydrogen-bond acceptors (Lipinski definition) is 3. The van der Waals surface area contributed by atoms with Crippen LogP contribution in [0.25, 0.3) is 17.0 Å². The summed E-state index contributed by atoms with van der Waals surface area (Å²) in [6, 6.07) is 5.76. The number of rotatable bonds is 1. The molecule has 0 aliphatic rings. The van der Waals surface area contributed by atoms with Gasteiger partial charge in [-0.3, -0.25) is 0 Å². The fourth-order valence-corrected chi connectivity index (χ4v) is 2.13. The van der Waals surface area contributed by atoms with Crippen molar-refractivity contribution in [2.45, 2.75) is 0 Å². The van der Waals surface area contributed by atoms with Crippen molar-refractivity contribution in [1.29, 1.82) is 0 Å². The first kappa shape index (κ1) is 8.43. The molecular weight excluding hydrogens is 210 g/mol. The van der Waals surface area contributed by atoms with Crippen molar-refractivity contribution in [3.05, 3.63) is 46.7 Å². The third-order valence-electron chi connectivity index (χ3n) is 2.20. The van der Waals surface area contributed by atoms with Crippen LogP contribution in [-0.2, 0) is 0 Å². The van der Waals surface area contributed by atoms with Crippen molar-refractivity contribution >= 4 is 17.0 Å². The van der Waals surface area contributed by atoms with E-state index in [9.17, 15) is 5.21 Å². The van der Waals surface area contributed by atoms with Crippen molar-refractivity contribution in [1.82, 2.24) is 9.38 Å². The molecule has 5 heteroatoms. The number of pyridine rings is 1. The monoisotopic (exact) mass is 217 g/mol. The van der Waals surface area contributed by atoms with Gasteiger partial charge in [0.1, 0.15) is 5.65 Å². The normalized spacial score (nSPS) is 10.9. The highest BCUT2D eigenvalue weighted by Crippen LogP contribution is 2.16. The van der Waals surface area contributed by atoms with Gasteiger partial charge in [-0.05, 0) is 12.1 Å². The van der Waals surface area contributed by atoms with Crippen molar-refractivity contribution < 1.29 is 4.73 Å². The third kappa shape index (κ3) is 1.28. The van der Waals surface area contributed by atoms with Crippen LogP contribution in [0.3, 0.4) is 0 Å². The van der Waals surface area contributed by atoms with Gasteiger partial charge in [-0.1, -0.05) is 17.4 Å². The van der Waals surface area contributed by atoms with E-state index in [1.54, 1.807) is 5.38 Å². The second kappa shape index (κ2) is 3.06. The van der Waals surface area contributed by atoms with Gasteiger partial charge >= 0.3 is 0 Å². The zero-order chi connectivity index (χ0) is 10.3. The summed E-state index contributed by atoms with van der Waals surface area (Å²) in [5.41, 5.74) is 3.67. The second-order valence-corrected chi connectivity index (χ2v) is 3.88. The summed E-state index contributed by atoms with van der Waals surface area (Å²) in [4.78, 5) is 4.36. The van der Waals surface area contributed by atoms with Crippen LogP contribution in [0.5, 0.6) is 0 Å². The van der Waals surface area contributed by atoms with E-state index in [1.165, 1.54) is 16.8 Å². The average molecular weight is 217 g/mol. The van der Waals surface area contributed by atoms with Gasteiger partial charge in [0.2, 0.25) is 5.51 Å². The zero-order valence-corrected chi connectivity index (χ0v) is 8.52. The minimum absolute atomic E-state index is 0.601. The van der Waals surface area contributed by atoms with Crippen LogP contribution in [-0.4, -0.2) is 9.38 Å². The Balaban J connectivity index is 2.24. The van der Waals surface area contributed by atoms with Crippen molar-refractivity contribution in [3.8, 4) is 11.4 Å². The van der Waals surface area contributed by atoms with Gasteiger partial charge in [0, 0.05) is 12.4 Å². The Labute approximate surface area is 89.6 Å². The summed E-state index contributed by atoms with van der Waals surface area (Å²) in [7, 11) is 0. The quantitative estimate of drug-likeness (QED) is 0.460. The lowest BCUT2D eigenvalue weighted by atomic mass is 10.4. The van der Waals surface area contributed by atoms with Crippen LogP contribution in [0, 0.1) is 5.21 Å². The Morgan fingerprint density at radius 2 is 2.33 bits per heavy atom. The number of nitrogens with zero attached hydrogens (tertiary/aromatic N) is 3. The number of fused-ring (bicyclic) bond motifs is 1. The molecule has 0 N–H and O–H groups in total. The summed E-state index contributed by atoms with van der Waals surface area (Å²) in [5, 5.41) is 13.2. The highest BCUT2D eigenvalue weighted by atomic mass is 32.1. The van der Waals surface area contributed by atoms with Gasteiger partial charge in [-0.2, -0.15) is 4.73 Å². The summed E-state index contributed by atoms with van der Waals surface area (Å²) >= 11 is 1.37. The predicted octanol–water partition coefficient (Wildman–Crippen LogP) is 1.70. The molecule has 0 saturated carbocycles. The molecule has 3 aromatic rings. The van der Waals surface area contributed by atoms with Crippen molar-refractivity contribution in [3.63, 3.8) is 0 Å². The number of imidazole rings is 1. The number of thiazole rings is 1. The van der Waals surface area contributed by atoms with Gasteiger partial charge in [0.05, 0.1) is 5.38 Å².